The van der Waals surface area contributed by atoms with E-state index in [1.807, 2.05) is 24.3 Å². The molecule has 2 N–H and O–H groups in total. The quantitative estimate of drug-likeness (QED) is 0.275. The number of hydrogen-bond donors (Lipinski definition) is 2. The highest BCUT2D eigenvalue weighted by molar-refractivity contribution is 5.90. The molecule has 3 aromatic carbocycles. The Bertz CT molecular complexity index is 1690. The minimum atomic E-state index is -4.43. The van der Waals surface area contributed by atoms with Crippen molar-refractivity contribution in [3.05, 3.63) is 111 Å². The van der Waals surface area contributed by atoms with Gasteiger partial charge in [0.15, 0.2) is 0 Å². The lowest BCUT2D eigenvalue weighted by molar-refractivity contribution is -0.137. The molecule has 0 spiro atoms. The van der Waals surface area contributed by atoms with Crippen LogP contribution in [0.5, 0.6) is 0 Å². The first kappa shape index (κ1) is 24.1. The number of para-hydroxylation sites is 1. The third-order valence-electron chi connectivity index (χ3n) is 6.96. The Hall–Kier alpha value is -4.24. The molecule has 1 aliphatic heterocycles. The Kier molecular flexibility index (Phi) is 5.87. The van der Waals surface area contributed by atoms with E-state index in [9.17, 15) is 22.4 Å². The number of H-pyrrole nitrogens is 2. The molecule has 0 aliphatic carbocycles. The molecule has 192 valence electrons. The van der Waals surface area contributed by atoms with E-state index in [0.717, 1.165) is 39.9 Å². The summed E-state index contributed by atoms with van der Waals surface area (Å²) >= 11 is 0. The van der Waals surface area contributed by atoms with Gasteiger partial charge in [-0.3, -0.25) is 9.69 Å². The molecule has 0 fully saturated rings. The molecule has 0 radical (unpaired) electrons. The SMILES string of the molecule is O=c1[nH]c(-c2ccc(C(F)(F)F)cc2)nc2c1CN(Cc1c(-c3ccc(F)cc3)[nH]c3ccccc13)CC2. The zero-order valence-corrected chi connectivity index (χ0v) is 20.1. The number of alkyl halides is 3. The average Bonchev–Trinajstić information content (AvgIpc) is 3.27. The van der Waals surface area contributed by atoms with Gasteiger partial charge in [0.2, 0.25) is 0 Å². The van der Waals surface area contributed by atoms with E-state index in [1.54, 1.807) is 12.1 Å². The van der Waals surface area contributed by atoms with Crippen molar-refractivity contribution < 1.29 is 17.6 Å². The molecule has 5 aromatic rings. The fourth-order valence-corrected chi connectivity index (χ4v) is 5.02. The van der Waals surface area contributed by atoms with Crippen LogP contribution in [-0.4, -0.2) is 26.4 Å². The second-order valence-electron chi connectivity index (χ2n) is 9.41. The smallest absolute Gasteiger partial charge is 0.354 e. The fraction of sp³-hybridized carbons (Fsp3) is 0.172. The van der Waals surface area contributed by atoms with Crippen molar-refractivity contribution in [1.82, 2.24) is 19.9 Å². The van der Waals surface area contributed by atoms with E-state index in [0.29, 0.717) is 42.9 Å². The molecule has 6 rings (SSSR count). The molecular formula is C29H22F4N4O. The Balaban J connectivity index is 1.29. The number of aromatic nitrogens is 3. The minimum absolute atomic E-state index is 0.256. The topological polar surface area (TPSA) is 64.8 Å². The molecule has 0 atom stereocenters. The van der Waals surface area contributed by atoms with E-state index >= 15 is 0 Å². The summed E-state index contributed by atoms with van der Waals surface area (Å²) in [6, 6.07) is 18.9. The van der Waals surface area contributed by atoms with Gasteiger partial charge >= 0.3 is 6.18 Å². The van der Waals surface area contributed by atoms with Crippen LogP contribution in [0.25, 0.3) is 33.5 Å². The van der Waals surface area contributed by atoms with Crippen LogP contribution in [0.3, 0.4) is 0 Å². The number of benzene rings is 3. The molecule has 1 aliphatic rings. The number of fused-ring (bicyclic) bond motifs is 2. The molecule has 5 nitrogen and oxygen atoms in total. The predicted octanol–water partition coefficient (Wildman–Crippen LogP) is 6.30. The Morgan fingerprint density at radius 3 is 2.34 bits per heavy atom. The van der Waals surface area contributed by atoms with Gasteiger partial charge in [-0.2, -0.15) is 13.2 Å². The Morgan fingerprint density at radius 2 is 1.61 bits per heavy atom. The normalized spacial score (nSPS) is 14.1. The van der Waals surface area contributed by atoms with Crippen LogP contribution >= 0.6 is 0 Å². The lowest BCUT2D eigenvalue weighted by Crippen LogP contribution is -2.35. The molecular weight excluding hydrogens is 496 g/mol. The summed E-state index contributed by atoms with van der Waals surface area (Å²) < 4.78 is 52.3. The van der Waals surface area contributed by atoms with Crippen molar-refractivity contribution in [2.45, 2.75) is 25.7 Å². The van der Waals surface area contributed by atoms with Crippen LogP contribution in [0.1, 0.15) is 22.4 Å². The maximum Gasteiger partial charge on any atom is 0.416 e. The summed E-state index contributed by atoms with van der Waals surface area (Å²) in [7, 11) is 0. The molecule has 0 amide bonds. The molecule has 0 unspecified atom stereocenters. The summed E-state index contributed by atoms with van der Waals surface area (Å²) in [5.74, 6) is -0.0485. The lowest BCUT2D eigenvalue weighted by atomic mass is 10.0. The van der Waals surface area contributed by atoms with Crippen LogP contribution in [0, 0.1) is 5.82 Å². The molecule has 38 heavy (non-hydrogen) atoms. The van der Waals surface area contributed by atoms with Gasteiger partial charge in [0.05, 0.1) is 22.5 Å². The highest BCUT2D eigenvalue weighted by atomic mass is 19.4. The van der Waals surface area contributed by atoms with Gasteiger partial charge in [0, 0.05) is 42.5 Å². The monoisotopic (exact) mass is 518 g/mol. The second kappa shape index (κ2) is 9.25. The van der Waals surface area contributed by atoms with Crippen LogP contribution in [-0.2, 0) is 25.7 Å². The van der Waals surface area contributed by atoms with Gasteiger partial charge in [-0.05, 0) is 53.6 Å². The zero-order chi connectivity index (χ0) is 26.4. The van der Waals surface area contributed by atoms with Crippen molar-refractivity contribution in [2.75, 3.05) is 6.54 Å². The molecule has 2 aromatic heterocycles. The van der Waals surface area contributed by atoms with Crippen LogP contribution in [0.2, 0.25) is 0 Å². The molecule has 0 saturated carbocycles. The predicted molar refractivity (Wildman–Crippen MR) is 137 cm³/mol. The largest absolute Gasteiger partial charge is 0.416 e. The number of nitrogens with one attached hydrogen (secondary N) is 2. The van der Waals surface area contributed by atoms with Gasteiger partial charge in [-0.1, -0.05) is 30.3 Å². The number of nitrogens with zero attached hydrogens (tertiary/aromatic N) is 2. The van der Waals surface area contributed by atoms with Crippen molar-refractivity contribution in [1.29, 1.82) is 0 Å². The zero-order valence-electron chi connectivity index (χ0n) is 20.1. The Labute approximate surface area is 214 Å². The first-order valence-electron chi connectivity index (χ1n) is 12.1. The fourth-order valence-electron chi connectivity index (χ4n) is 5.02. The van der Waals surface area contributed by atoms with E-state index < -0.39 is 11.7 Å². The minimum Gasteiger partial charge on any atom is -0.354 e. The summed E-state index contributed by atoms with van der Waals surface area (Å²) in [5.41, 5.74) is 4.37. The second-order valence-corrected chi connectivity index (χ2v) is 9.41. The highest BCUT2D eigenvalue weighted by Gasteiger charge is 2.30. The van der Waals surface area contributed by atoms with Gasteiger partial charge in [-0.15, -0.1) is 0 Å². The number of aromatic amines is 2. The van der Waals surface area contributed by atoms with Crippen LogP contribution < -0.4 is 5.56 Å². The van der Waals surface area contributed by atoms with Crippen molar-refractivity contribution in [3.8, 4) is 22.6 Å². The van der Waals surface area contributed by atoms with Crippen LogP contribution in [0.4, 0.5) is 17.6 Å². The maximum atomic E-state index is 13.6. The molecule has 0 bridgehead atoms. The van der Waals surface area contributed by atoms with E-state index in [1.165, 1.54) is 24.3 Å². The molecule has 0 saturated heterocycles. The van der Waals surface area contributed by atoms with Crippen molar-refractivity contribution >= 4 is 10.9 Å². The number of rotatable bonds is 4. The highest BCUT2D eigenvalue weighted by Crippen LogP contribution is 2.33. The molecule has 3 heterocycles. The van der Waals surface area contributed by atoms with Gasteiger partial charge in [0.1, 0.15) is 11.6 Å². The van der Waals surface area contributed by atoms with Gasteiger partial charge in [-0.25, -0.2) is 9.37 Å². The molecule has 9 heteroatoms. The summed E-state index contributed by atoms with van der Waals surface area (Å²) in [6.45, 7) is 1.60. The first-order chi connectivity index (χ1) is 18.3. The average molecular weight is 519 g/mol. The van der Waals surface area contributed by atoms with Gasteiger partial charge < -0.3 is 9.97 Å². The third kappa shape index (κ3) is 4.50. The maximum absolute atomic E-state index is 13.6. The van der Waals surface area contributed by atoms with Crippen molar-refractivity contribution in [3.63, 3.8) is 0 Å². The van der Waals surface area contributed by atoms with Crippen molar-refractivity contribution in [2.24, 2.45) is 0 Å². The Morgan fingerprint density at radius 1 is 0.895 bits per heavy atom. The number of halogens is 4. The van der Waals surface area contributed by atoms with E-state index in [-0.39, 0.29) is 17.2 Å². The summed E-state index contributed by atoms with van der Waals surface area (Å²) in [5, 5.41) is 1.06. The summed E-state index contributed by atoms with van der Waals surface area (Å²) in [6.07, 6.45) is -3.90. The van der Waals surface area contributed by atoms with E-state index in [2.05, 4.69) is 19.9 Å². The van der Waals surface area contributed by atoms with E-state index in [4.69, 9.17) is 0 Å². The lowest BCUT2D eigenvalue weighted by Gasteiger charge is -2.28. The summed E-state index contributed by atoms with van der Waals surface area (Å²) in [4.78, 5) is 26.0. The third-order valence-corrected chi connectivity index (χ3v) is 6.96. The standard InChI is InChI=1S/C29H22F4N4O/c30-20-11-7-17(8-12-20)26-22(21-3-1-2-4-24(21)34-26)15-37-14-13-25-23(16-37)28(38)36-27(35-25)18-5-9-19(10-6-18)29(31,32)33/h1-12,34H,13-16H2,(H,35,36,38). The van der Waals surface area contributed by atoms with Crippen LogP contribution in [0.15, 0.2) is 77.6 Å². The first-order valence-corrected chi connectivity index (χ1v) is 12.1. The number of hydrogen-bond acceptors (Lipinski definition) is 3. The van der Waals surface area contributed by atoms with Gasteiger partial charge in [0.25, 0.3) is 5.56 Å².